The molecule has 0 aromatic heterocycles. The summed E-state index contributed by atoms with van der Waals surface area (Å²) >= 11 is 0. The Morgan fingerprint density at radius 3 is 2.49 bits per heavy atom. The van der Waals surface area contributed by atoms with Gasteiger partial charge in [0.2, 0.25) is 20.0 Å². The number of carbonyl (C=O) groups excluding carboxylic acids is 1. The van der Waals surface area contributed by atoms with Crippen molar-refractivity contribution in [3.63, 3.8) is 0 Å². The van der Waals surface area contributed by atoms with Crippen LogP contribution in [-0.4, -0.2) is 114 Å². The Bertz CT molecular complexity index is 1660. The number of rotatable bonds is 16. The second-order valence-electron chi connectivity index (χ2n) is 13.6. The van der Waals surface area contributed by atoms with Crippen LogP contribution in [0.15, 0.2) is 53.4 Å². The van der Waals surface area contributed by atoms with Gasteiger partial charge in [-0.25, -0.2) is 21.6 Å². The number of hydrogen-bond acceptors (Lipinski definition) is 11. The minimum absolute atomic E-state index is 0.0470. The summed E-state index contributed by atoms with van der Waals surface area (Å²) in [6.07, 6.45) is -0.998. The van der Waals surface area contributed by atoms with Gasteiger partial charge >= 0.3 is 0 Å². The van der Waals surface area contributed by atoms with Gasteiger partial charge in [-0.05, 0) is 48.8 Å². The molecular formula is C33H46N3O11S2-. The van der Waals surface area contributed by atoms with Gasteiger partial charge in [-0.3, -0.25) is 0 Å². The number of nitrogens with zero attached hydrogens (tertiary/aromatic N) is 2. The molecule has 0 unspecified atom stereocenters. The standard InChI is InChI=1S/C33H47N3O11S2/c1-33(2,14-8-15-34-48(3,40)41)22-35(49(42,43)29-12-7-11-28-30(29)45-18-17-44-28)20-27(37)25(19-23-9-5-4-6-10-23)36(32(38)39)26-21-47-31-24(26)13-16-46-31/h4-7,9-12,24-27,31,34,37H,8,13-22H2,1-3H3,(H,38,39)/p-1/t24-,25-,26-,27+,31+/m0/s1. The monoisotopic (exact) mass is 724 g/mol. The third kappa shape index (κ3) is 9.22. The van der Waals surface area contributed by atoms with E-state index in [-0.39, 0.29) is 61.6 Å². The topological polar surface area (TPSA) is 184 Å². The first-order valence-electron chi connectivity index (χ1n) is 16.4. The van der Waals surface area contributed by atoms with Gasteiger partial charge in [-0.2, -0.15) is 4.31 Å². The van der Waals surface area contributed by atoms with Crippen molar-refractivity contribution in [1.82, 2.24) is 13.9 Å². The first-order valence-corrected chi connectivity index (χ1v) is 19.8. The van der Waals surface area contributed by atoms with Crippen LogP contribution in [0.25, 0.3) is 0 Å². The van der Waals surface area contributed by atoms with Gasteiger partial charge in [-0.1, -0.05) is 50.2 Å². The first kappa shape index (κ1) is 37.3. The van der Waals surface area contributed by atoms with E-state index >= 15 is 0 Å². The highest BCUT2D eigenvalue weighted by molar-refractivity contribution is 7.89. The summed E-state index contributed by atoms with van der Waals surface area (Å²) in [6.45, 7) is 4.20. The van der Waals surface area contributed by atoms with E-state index < -0.39 is 62.6 Å². The van der Waals surface area contributed by atoms with Crippen LogP contribution in [0.4, 0.5) is 4.79 Å². The molecule has 3 heterocycles. The van der Waals surface area contributed by atoms with E-state index in [2.05, 4.69) is 4.72 Å². The van der Waals surface area contributed by atoms with Crippen LogP contribution in [0.3, 0.4) is 0 Å². The summed E-state index contributed by atoms with van der Waals surface area (Å²) in [5, 5.41) is 25.0. The lowest BCUT2D eigenvalue weighted by atomic mass is 9.87. The maximum absolute atomic E-state index is 14.6. The van der Waals surface area contributed by atoms with Crippen molar-refractivity contribution in [3.8, 4) is 11.5 Å². The minimum atomic E-state index is -4.38. The van der Waals surface area contributed by atoms with Gasteiger partial charge in [0, 0.05) is 25.6 Å². The molecule has 0 radical (unpaired) electrons. The van der Waals surface area contributed by atoms with Crippen LogP contribution in [0.5, 0.6) is 11.5 Å². The maximum atomic E-state index is 14.6. The number of para-hydroxylation sites is 1. The maximum Gasteiger partial charge on any atom is 0.247 e. The smallest absolute Gasteiger partial charge is 0.247 e. The molecule has 1 amide bonds. The van der Waals surface area contributed by atoms with Crippen molar-refractivity contribution in [3.05, 3.63) is 54.1 Å². The number of ether oxygens (including phenoxy) is 4. The molecule has 5 atom stereocenters. The van der Waals surface area contributed by atoms with Crippen molar-refractivity contribution in [2.75, 3.05) is 52.3 Å². The van der Waals surface area contributed by atoms with E-state index in [1.165, 1.54) is 6.07 Å². The summed E-state index contributed by atoms with van der Waals surface area (Å²) in [5.41, 5.74) is 0.0428. The van der Waals surface area contributed by atoms with E-state index in [4.69, 9.17) is 18.9 Å². The van der Waals surface area contributed by atoms with Crippen LogP contribution >= 0.6 is 0 Å². The molecule has 0 saturated carbocycles. The van der Waals surface area contributed by atoms with Crippen LogP contribution in [0.2, 0.25) is 0 Å². The SMILES string of the molecule is CC(C)(CCCNS(C)(=O)=O)CN(C[C@@H](O)[C@H](Cc1ccccc1)N(C(=O)[O-])[C@H]1CO[C@H]2OCC[C@H]21)S(=O)(=O)c1cccc2c1OCCO2. The van der Waals surface area contributed by atoms with Gasteiger partial charge in [0.05, 0.1) is 37.7 Å². The summed E-state index contributed by atoms with van der Waals surface area (Å²) in [7, 11) is -7.78. The van der Waals surface area contributed by atoms with E-state index in [1.807, 2.05) is 32.0 Å². The average molecular weight is 725 g/mol. The van der Waals surface area contributed by atoms with E-state index in [0.29, 0.717) is 25.9 Å². The molecular weight excluding hydrogens is 679 g/mol. The Balaban J connectivity index is 1.49. The molecule has 2 aromatic carbocycles. The van der Waals surface area contributed by atoms with Crippen LogP contribution in [0.1, 0.15) is 38.7 Å². The molecule has 2 N–H and O–H groups in total. The van der Waals surface area contributed by atoms with Crippen molar-refractivity contribution >= 4 is 26.1 Å². The van der Waals surface area contributed by atoms with E-state index in [1.54, 1.807) is 24.3 Å². The number of hydrogen-bond donors (Lipinski definition) is 2. The quantitative estimate of drug-likeness (QED) is 0.237. The lowest BCUT2D eigenvalue weighted by Gasteiger charge is -2.43. The summed E-state index contributed by atoms with van der Waals surface area (Å²) in [4.78, 5) is 13.9. The van der Waals surface area contributed by atoms with Crippen molar-refractivity contribution in [2.45, 2.75) is 68.9 Å². The zero-order chi connectivity index (χ0) is 35.4. The summed E-state index contributed by atoms with van der Waals surface area (Å²) < 4.78 is 78.8. The zero-order valence-corrected chi connectivity index (χ0v) is 29.7. The molecule has 2 fully saturated rings. The summed E-state index contributed by atoms with van der Waals surface area (Å²) in [5.74, 6) is 0.0743. The molecule has 16 heteroatoms. The Hall–Kier alpha value is -2.99. The lowest BCUT2D eigenvalue weighted by Crippen LogP contribution is -2.61. The molecule has 0 aliphatic carbocycles. The van der Waals surface area contributed by atoms with Gasteiger partial charge in [0.25, 0.3) is 0 Å². The number of carbonyl (C=O) groups is 1. The van der Waals surface area contributed by atoms with Gasteiger partial charge < -0.3 is 38.9 Å². The van der Waals surface area contributed by atoms with Gasteiger partial charge in [-0.15, -0.1) is 0 Å². The number of aliphatic hydroxyl groups excluding tert-OH is 1. The zero-order valence-electron chi connectivity index (χ0n) is 28.0. The van der Waals surface area contributed by atoms with Crippen molar-refractivity contribution in [1.29, 1.82) is 0 Å². The predicted molar refractivity (Wildman–Crippen MR) is 177 cm³/mol. The normalized spacial score (nSPS) is 22.1. The molecule has 3 aliphatic rings. The second-order valence-corrected chi connectivity index (χ2v) is 17.3. The highest BCUT2D eigenvalue weighted by Gasteiger charge is 2.48. The predicted octanol–water partition coefficient (Wildman–Crippen LogP) is 1.18. The third-order valence-electron chi connectivity index (χ3n) is 9.20. The van der Waals surface area contributed by atoms with Crippen LogP contribution < -0.4 is 19.3 Å². The second kappa shape index (κ2) is 15.5. The van der Waals surface area contributed by atoms with Crippen molar-refractivity contribution < 1.29 is 50.8 Å². The molecule has 3 aliphatic heterocycles. The molecule has 5 rings (SSSR count). The molecule has 272 valence electrons. The molecule has 0 bridgehead atoms. The highest BCUT2D eigenvalue weighted by atomic mass is 32.2. The highest BCUT2D eigenvalue weighted by Crippen LogP contribution is 2.40. The molecule has 0 spiro atoms. The lowest BCUT2D eigenvalue weighted by molar-refractivity contribution is -0.273. The van der Waals surface area contributed by atoms with Crippen LogP contribution in [0, 0.1) is 11.3 Å². The fraction of sp³-hybridized carbons (Fsp3) is 0.606. The molecule has 2 saturated heterocycles. The number of sulfonamides is 2. The Kier molecular flexibility index (Phi) is 11.8. The van der Waals surface area contributed by atoms with Gasteiger partial charge in [0.15, 0.2) is 17.8 Å². The third-order valence-corrected chi connectivity index (χ3v) is 11.8. The number of fused-ring (bicyclic) bond motifs is 2. The number of nitrogens with one attached hydrogen (secondary N) is 1. The van der Waals surface area contributed by atoms with Crippen LogP contribution in [-0.2, 0) is 35.9 Å². The fourth-order valence-electron chi connectivity index (χ4n) is 6.87. The average Bonchev–Trinajstić information content (AvgIpc) is 3.67. The van der Waals surface area contributed by atoms with Crippen molar-refractivity contribution in [2.24, 2.45) is 11.3 Å². The van der Waals surface area contributed by atoms with E-state index in [0.717, 1.165) is 21.0 Å². The number of amides is 1. The summed E-state index contributed by atoms with van der Waals surface area (Å²) in [6, 6.07) is 11.9. The Morgan fingerprint density at radius 1 is 1.04 bits per heavy atom. The Labute approximate surface area is 288 Å². The molecule has 49 heavy (non-hydrogen) atoms. The number of aliphatic hydroxyl groups is 1. The van der Waals surface area contributed by atoms with E-state index in [9.17, 15) is 31.8 Å². The van der Waals surface area contributed by atoms with Gasteiger partial charge in [0.1, 0.15) is 24.2 Å². The Morgan fingerprint density at radius 2 is 1.78 bits per heavy atom. The number of carboxylic acid groups (broad SMARTS) is 1. The fourth-order valence-corrected chi connectivity index (χ4v) is 9.18. The largest absolute Gasteiger partial charge is 0.530 e. The molecule has 2 aromatic rings. The minimum Gasteiger partial charge on any atom is -0.530 e. The number of benzene rings is 2. The first-order chi connectivity index (χ1) is 23.2. The molecule has 14 nitrogen and oxygen atoms in total.